The Morgan fingerprint density at radius 1 is 1.33 bits per heavy atom. The summed E-state index contributed by atoms with van der Waals surface area (Å²) in [6.45, 7) is 4.01. The lowest BCUT2D eigenvalue weighted by atomic mass is 10.2. The van der Waals surface area contributed by atoms with Gasteiger partial charge in [0.1, 0.15) is 16.8 Å². The molecule has 0 saturated carbocycles. The average Bonchev–Trinajstić information content (AvgIpc) is 3.13. The van der Waals surface area contributed by atoms with Crippen LogP contribution in [0.25, 0.3) is 11.0 Å². The van der Waals surface area contributed by atoms with E-state index in [9.17, 15) is 4.79 Å². The van der Waals surface area contributed by atoms with Gasteiger partial charge in [0.25, 0.3) is 5.91 Å². The van der Waals surface area contributed by atoms with Gasteiger partial charge >= 0.3 is 0 Å². The molecule has 1 heterocycles. The number of aromatic nitrogens is 2. The van der Waals surface area contributed by atoms with Crippen molar-refractivity contribution in [2.75, 3.05) is 5.32 Å². The SMILES string of the molecule is CC[C@@H](C)Oc1cccc(C(=O)NC(=S)Nc2c(Cl)ccc3nsnc23)c1. The lowest BCUT2D eigenvalue weighted by molar-refractivity contribution is 0.0977. The van der Waals surface area contributed by atoms with Crippen LogP contribution in [0.3, 0.4) is 0 Å². The summed E-state index contributed by atoms with van der Waals surface area (Å²) in [5.41, 5.74) is 2.27. The summed E-state index contributed by atoms with van der Waals surface area (Å²) in [7, 11) is 0. The molecule has 0 bridgehead atoms. The summed E-state index contributed by atoms with van der Waals surface area (Å²) in [4.78, 5) is 12.5. The van der Waals surface area contributed by atoms with Gasteiger partial charge in [0.05, 0.1) is 28.5 Å². The summed E-state index contributed by atoms with van der Waals surface area (Å²) in [6, 6.07) is 10.4. The number of fused-ring (bicyclic) bond motifs is 1. The minimum atomic E-state index is -0.346. The van der Waals surface area contributed by atoms with E-state index in [-0.39, 0.29) is 17.1 Å². The number of carbonyl (C=O) groups is 1. The fourth-order valence-corrected chi connectivity index (χ4v) is 3.23. The van der Waals surface area contributed by atoms with E-state index in [0.29, 0.717) is 33.1 Å². The van der Waals surface area contributed by atoms with Crippen molar-refractivity contribution in [3.8, 4) is 5.75 Å². The molecule has 9 heteroatoms. The van der Waals surface area contributed by atoms with Crippen LogP contribution in [0.1, 0.15) is 30.6 Å². The molecule has 2 N–H and O–H groups in total. The Labute approximate surface area is 171 Å². The molecule has 1 atom stereocenters. The van der Waals surface area contributed by atoms with Gasteiger partial charge in [0.15, 0.2) is 5.11 Å². The quantitative estimate of drug-likeness (QED) is 0.585. The third-order valence-electron chi connectivity index (χ3n) is 3.85. The number of hydrogen-bond donors (Lipinski definition) is 2. The van der Waals surface area contributed by atoms with Crippen molar-refractivity contribution in [1.82, 2.24) is 14.1 Å². The lowest BCUT2D eigenvalue weighted by Gasteiger charge is -2.14. The Balaban J connectivity index is 1.71. The van der Waals surface area contributed by atoms with E-state index in [1.807, 2.05) is 19.9 Å². The van der Waals surface area contributed by atoms with Crippen molar-refractivity contribution < 1.29 is 9.53 Å². The monoisotopic (exact) mass is 420 g/mol. The van der Waals surface area contributed by atoms with E-state index in [1.165, 1.54) is 0 Å². The summed E-state index contributed by atoms with van der Waals surface area (Å²) < 4.78 is 14.1. The number of benzene rings is 2. The molecule has 1 amide bonds. The zero-order valence-corrected chi connectivity index (χ0v) is 17.0. The molecule has 0 aliphatic rings. The molecule has 0 fully saturated rings. The smallest absolute Gasteiger partial charge is 0.257 e. The molecule has 3 aromatic rings. The van der Waals surface area contributed by atoms with E-state index in [2.05, 4.69) is 19.4 Å². The Bertz CT molecular complexity index is 992. The fraction of sp³-hybridized carbons (Fsp3) is 0.222. The predicted molar refractivity (Wildman–Crippen MR) is 113 cm³/mol. The van der Waals surface area contributed by atoms with Gasteiger partial charge in [-0.1, -0.05) is 24.6 Å². The predicted octanol–water partition coefficient (Wildman–Crippen LogP) is 4.65. The van der Waals surface area contributed by atoms with Gasteiger partial charge in [-0.05, 0) is 55.9 Å². The van der Waals surface area contributed by atoms with Gasteiger partial charge in [0.2, 0.25) is 0 Å². The highest BCUT2D eigenvalue weighted by molar-refractivity contribution is 7.80. The van der Waals surface area contributed by atoms with Gasteiger partial charge < -0.3 is 10.1 Å². The van der Waals surface area contributed by atoms with Crippen LogP contribution < -0.4 is 15.4 Å². The van der Waals surface area contributed by atoms with Crippen molar-refractivity contribution in [3.05, 3.63) is 47.0 Å². The third kappa shape index (κ3) is 4.71. The van der Waals surface area contributed by atoms with Crippen LogP contribution in [-0.4, -0.2) is 25.9 Å². The molecule has 0 aliphatic heterocycles. The summed E-state index contributed by atoms with van der Waals surface area (Å²) in [6.07, 6.45) is 0.947. The van der Waals surface area contributed by atoms with E-state index in [4.69, 9.17) is 28.6 Å². The first-order valence-electron chi connectivity index (χ1n) is 8.27. The van der Waals surface area contributed by atoms with E-state index >= 15 is 0 Å². The van der Waals surface area contributed by atoms with Gasteiger partial charge in [0, 0.05) is 5.56 Å². The van der Waals surface area contributed by atoms with Crippen molar-refractivity contribution in [2.45, 2.75) is 26.4 Å². The van der Waals surface area contributed by atoms with Gasteiger partial charge in [-0.25, -0.2) is 0 Å². The number of hydrogen-bond acceptors (Lipinski definition) is 6. The van der Waals surface area contributed by atoms with Crippen molar-refractivity contribution in [3.63, 3.8) is 0 Å². The van der Waals surface area contributed by atoms with Gasteiger partial charge in [-0.3, -0.25) is 10.1 Å². The standard InChI is InChI=1S/C18H17ClN4O2S2/c1-3-10(2)25-12-6-4-5-11(9-12)17(24)21-18(26)20-15-13(19)7-8-14-16(15)23-27-22-14/h4-10H,3H2,1-2H3,(H2,20,21,24,26)/t10-/m1/s1. The first-order chi connectivity index (χ1) is 13.0. The second-order valence-corrected chi connectivity index (χ2v) is 7.17. The Morgan fingerprint density at radius 3 is 2.93 bits per heavy atom. The number of ether oxygens (including phenoxy) is 1. The molecule has 3 rings (SSSR count). The second kappa shape index (κ2) is 8.60. The van der Waals surface area contributed by atoms with Crippen LogP contribution in [0.2, 0.25) is 5.02 Å². The lowest BCUT2D eigenvalue weighted by Crippen LogP contribution is -2.34. The molecule has 2 aromatic carbocycles. The maximum atomic E-state index is 12.5. The number of rotatable bonds is 5. The minimum Gasteiger partial charge on any atom is -0.491 e. The Hall–Kier alpha value is -2.29. The van der Waals surface area contributed by atoms with Crippen LogP contribution in [0.4, 0.5) is 5.69 Å². The zero-order valence-electron chi connectivity index (χ0n) is 14.7. The topological polar surface area (TPSA) is 76.1 Å². The molecule has 0 radical (unpaired) electrons. The summed E-state index contributed by atoms with van der Waals surface area (Å²) in [5.74, 6) is 0.291. The molecule has 27 heavy (non-hydrogen) atoms. The van der Waals surface area contributed by atoms with Crippen LogP contribution >= 0.6 is 35.5 Å². The summed E-state index contributed by atoms with van der Waals surface area (Å²) in [5, 5.41) is 6.14. The molecule has 0 saturated heterocycles. The molecule has 0 spiro atoms. The van der Waals surface area contributed by atoms with E-state index < -0.39 is 0 Å². The number of nitrogens with one attached hydrogen (secondary N) is 2. The van der Waals surface area contributed by atoms with E-state index in [1.54, 1.807) is 30.3 Å². The van der Waals surface area contributed by atoms with Crippen LogP contribution in [0, 0.1) is 0 Å². The number of nitrogens with zero attached hydrogens (tertiary/aromatic N) is 2. The number of carbonyl (C=O) groups excluding carboxylic acids is 1. The first kappa shape index (κ1) is 19.5. The highest BCUT2D eigenvalue weighted by Crippen LogP contribution is 2.29. The normalized spacial score (nSPS) is 11.8. The molecular weight excluding hydrogens is 404 g/mol. The van der Waals surface area contributed by atoms with Crippen molar-refractivity contribution >= 4 is 63.3 Å². The Morgan fingerprint density at radius 2 is 2.15 bits per heavy atom. The molecule has 0 aliphatic carbocycles. The average molecular weight is 421 g/mol. The number of anilines is 1. The van der Waals surface area contributed by atoms with Crippen LogP contribution in [0.5, 0.6) is 5.75 Å². The molecule has 1 aromatic heterocycles. The second-order valence-electron chi connectivity index (χ2n) is 5.83. The minimum absolute atomic E-state index is 0.0698. The van der Waals surface area contributed by atoms with Crippen molar-refractivity contribution in [1.29, 1.82) is 0 Å². The highest BCUT2D eigenvalue weighted by Gasteiger charge is 2.14. The number of halogens is 1. The maximum Gasteiger partial charge on any atom is 0.257 e. The van der Waals surface area contributed by atoms with Crippen LogP contribution in [-0.2, 0) is 0 Å². The number of amides is 1. The highest BCUT2D eigenvalue weighted by atomic mass is 35.5. The zero-order chi connectivity index (χ0) is 19.4. The largest absolute Gasteiger partial charge is 0.491 e. The van der Waals surface area contributed by atoms with Crippen LogP contribution in [0.15, 0.2) is 36.4 Å². The van der Waals surface area contributed by atoms with Crippen molar-refractivity contribution in [2.24, 2.45) is 0 Å². The third-order valence-corrected chi connectivity index (χ3v) is 4.91. The van der Waals surface area contributed by atoms with E-state index in [0.717, 1.165) is 18.1 Å². The Kier molecular flexibility index (Phi) is 6.20. The van der Waals surface area contributed by atoms with Gasteiger partial charge in [-0.15, -0.1) is 0 Å². The summed E-state index contributed by atoms with van der Waals surface area (Å²) >= 11 is 12.6. The fourth-order valence-electron chi connectivity index (χ4n) is 2.29. The first-order valence-corrected chi connectivity index (χ1v) is 9.79. The van der Waals surface area contributed by atoms with Gasteiger partial charge in [-0.2, -0.15) is 8.75 Å². The molecular formula is C18H17ClN4O2S2. The maximum absolute atomic E-state index is 12.5. The molecule has 140 valence electrons. The molecule has 0 unspecified atom stereocenters. The number of thiocarbonyl (C=S) groups is 1. The molecule has 6 nitrogen and oxygen atoms in total.